The predicted molar refractivity (Wildman–Crippen MR) is 83.5 cm³/mol. The second-order valence-corrected chi connectivity index (χ2v) is 6.69. The number of nitrogens with zero attached hydrogens (tertiary/aromatic N) is 1. The Labute approximate surface area is 129 Å². The van der Waals surface area contributed by atoms with Crippen LogP contribution in [-0.4, -0.2) is 54.7 Å². The number of carbonyl (C=O) groups is 1. The summed E-state index contributed by atoms with van der Waals surface area (Å²) in [6.45, 7) is 12.5. The maximum atomic E-state index is 13.2. The van der Waals surface area contributed by atoms with E-state index < -0.39 is 0 Å². The van der Waals surface area contributed by atoms with Crippen molar-refractivity contribution in [1.82, 2.24) is 4.90 Å². The monoisotopic (exact) mass is 297 g/mol. The van der Waals surface area contributed by atoms with E-state index in [9.17, 15) is 4.79 Å². The minimum absolute atomic E-state index is 0.117. The average Bonchev–Trinajstić information content (AvgIpc) is 2.95. The molecular weight excluding hydrogens is 266 g/mol. The first-order valence-electron chi connectivity index (χ1n) is 8.52. The first-order chi connectivity index (χ1) is 10.0. The van der Waals surface area contributed by atoms with Crippen molar-refractivity contribution >= 4 is 5.78 Å². The van der Waals surface area contributed by atoms with Crippen molar-refractivity contribution in [1.29, 1.82) is 0 Å². The molecule has 0 N–H and O–H groups in total. The SMILES string of the molecule is CCN(CC)C(C)(CC)C(=O)C1CCOC2(CCOC2)C1. The van der Waals surface area contributed by atoms with Gasteiger partial charge in [-0.15, -0.1) is 0 Å². The Morgan fingerprint density at radius 2 is 2.00 bits per heavy atom. The summed E-state index contributed by atoms with van der Waals surface area (Å²) in [5.41, 5.74) is -0.525. The number of likely N-dealkylation sites (N-methyl/N-ethyl adjacent to an activating group) is 1. The Morgan fingerprint density at radius 3 is 2.52 bits per heavy atom. The highest BCUT2D eigenvalue weighted by Gasteiger charge is 2.47. The highest BCUT2D eigenvalue weighted by Crippen LogP contribution is 2.38. The van der Waals surface area contributed by atoms with Crippen LogP contribution in [0.4, 0.5) is 0 Å². The van der Waals surface area contributed by atoms with Gasteiger partial charge in [-0.1, -0.05) is 20.8 Å². The molecule has 4 nitrogen and oxygen atoms in total. The smallest absolute Gasteiger partial charge is 0.156 e. The van der Waals surface area contributed by atoms with Gasteiger partial charge in [0.15, 0.2) is 5.78 Å². The van der Waals surface area contributed by atoms with E-state index in [0.29, 0.717) is 19.0 Å². The van der Waals surface area contributed by atoms with Crippen LogP contribution in [0.15, 0.2) is 0 Å². The Morgan fingerprint density at radius 1 is 1.29 bits per heavy atom. The summed E-state index contributed by atoms with van der Waals surface area (Å²) in [6.07, 6.45) is 3.50. The van der Waals surface area contributed by atoms with Gasteiger partial charge in [0.25, 0.3) is 0 Å². The summed E-state index contributed by atoms with van der Waals surface area (Å²) in [7, 11) is 0. The third kappa shape index (κ3) is 3.17. The van der Waals surface area contributed by atoms with Gasteiger partial charge in [-0.05, 0) is 39.3 Å². The molecule has 2 saturated heterocycles. The molecule has 3 unspecified atom stereocenters. The van der Waals surface area contributed by atoms with Gasteiger partial charge >= 0.3 is 0 Å². The lowest BCUT2D eigenvalue weighted by molar-refractivity contribution is -0.147. The molecule has 0 aromatic heterocycles. The third-order valence-electron chi connectivity index (χ3n) is 5.61. The van der Waals surface area contributed by atoms with E-state index in [2.05, 4.69) is 32.6 Å². The molecule has 4 heteroatoms. The third-order valence-corrected chi connectivity index (χ3v) is 5.61. The van der Waals surface area contributed by atoms with Crippen LogP contribution < -0.4 is 0 Å². The highest BCUT2D eigenvalue weighted by molar-refractivity contribution is 5.90. The molecule has 3 atom stereocenters. The molecule has 0 aromatic carbocycles. The molecule has 2 aliphatic rings. The molecule has 0 aliphatic carbocycles. The lowest BCUT2D eigenvalue weighted by atomic mass is 9.75. The fraction of sp³-hybridized carbons (Fsp3) is 0.941. The largest absolute Gasteiger partial charge is 0.378 e. The van der Waals surface area contributed by atoms with Crippen molar-refractivity contribution < 1.29 is 14.3 Å². The molecule has 1 spiro atoms. The van der Waals surface area contributed by atoms with E-state index in [0.717, 1.165) is 45.4 Å². The molecular formula is C17H31NO3. The molecule has 2 heterocycles. The van der Waals surface area contributed by atoms with Gasteiger partial charge in [0.05, 0.1) is 17.7 Å². The van der Waals surface area contributed by atoms with E-state index in [1.54, 1.807) is 0 Å². The Kier molecular flexibility index (Phi) is 5.44. The molecule has 122 valence electrons. The minimum atomic E-state index is -0.341. The molecule has 0 saturated carbocycles. The van der Waals surface area contributed by atoms with Gasteiger partial charge in [0, 0.05) is 25.6 Å². The van der Waals surface area contributed by atoms with E-state index in [4.69, 9.17) is 9.47 Å². The van der Waals surface area contributed by atoms with E-state index in [-0.39, 0.29) is 17.1 Å². The average molecular weight is 297 g/mol. The van der Waals surface area contributed by atoms with Crippen molar-refractivity contribution in [2.45, 2.75) is 64.5 Å². The topological polar surface area (TPSA) is 38.8 Å². The van der Waals surface area contributed by atoms with Gasteiger partial charge in [-0.3, -0.25) is 9.69 Å². The van der Waals surface area contributed by atoms with Crippen LogP contribution in [0.3, 0.4) is 0 Å². The normalized spacial score (nSPS) is 32.5. The van der Waals surface area contributed by atoms with Crippen LogP contribution in [-0.2, 0) is 14.3 Å². The first kappa shape index (κ1) is 16.9. The number of rotatable bonds is 6. The number of carbonyl (C=O) groups excluding carboxylic acids is 1. The molecule has 0 amide bonds. The zero-order valence-electron chi connectivity index (χ0n) is 14.1. The Hall–Kier alpha value is -0.450. The van der Waals surface area contributed by atoms with Gasteiger partial charge in [-0.25, -0.2) is 0 Å². The van der Waals surface area contributed by atoms with E-state index >= 15 is 0 Å². The predicted octanol–water partition coefficient (Wildman–Crippen LogP) is 2.65. The summed E-state index contributed by atoms with van der Waals surface area (Å²) in [4.78, 5) is 15.5. The van der Waals surface area contributed by atoms with Crippen LogP contribution in [0.5, 0.6) is 0 Å². The lowest BCUT2D eigenvalue weighted by Gasteiger charge is -2.44. The second-order valence-electron chi connectivity index (χ2n) is 6.69. The van der Waals surface area contributed by atoms with Crippen molar-refractivity contribution in [3.05, 3.63) is 0 Å². The first-order valence-corrected chi connectivity index (χ1v) is 8.52. The zero-order chi connectivity index (χ0) is 15.5. The number of Topliss-reactive ketones (excluding diaryl/α,β-unsaturated/α-hetero) is 1. The number of hydrogen-bond acceptors (Lipinski definition) is 4. The van der Waals surface area contributed by atoms with E-state index in [1.165, 1.54) is 0 Å². The molecule has 0 bridgehead atoms. The molecule has 2 aliphatic heterocycles. The van der Waals surface area contributed by atoms with Gasteiger partial charge in [0.2, 0.25) is 0 Å². The van der Waals surface area contributed by atoms with E-state index in [1.807, 2.05) is 0 Å². The van der Waals surface area contributed by atoms with Crippen molar-refractivity contribution in [2.24, 2.45) is 5.92 Å². The van der Waals surface area contributed by atoms with Crippen molar-refractivity contribution in [2.75, 3.05) is 32.9 Å². The lowest BCUT2D eigenvalue weighted by Crippen LogP contribution is -2.56. The van der Waals surface area contributed by atoms with Crippen LogP contribution in [0.1, 0.15) is 53.4 Å². The van der Waals surface area contributed by atoms with Gasteiger partial charge in [-0.2, -0.15) is 0 Å². The van der Waals surface area contributed by atoms with Crippen LogP contribution in [0, 0.1) is 5.92 Å². The summed E-state index contributed by atoms with van der Waals surface area (Å²) >= 11 is 0. The molecule has 2 rings (SSSR count). The maximum Gasteiger partial charge on any atom is 0.156 e. The number of hydrogen-bond donors (Lipinski definition) is 0. The molecule has 21 heavy (non-hydrogen) atoms. The van der Waals surface area contributed by atoms with Crippen molar-refractivity contribution in [3.63, 3.8) is 0 Å². The number of ether oxygens (including phenoxy) is 2. The van der Waals surface area contributed by atoms with Gasteiger partial charge in [0.1, 0.15) is 0 Å². The number of ketones is 1. The molecule has 0 radical (unpaired) electrons. The van der Waals surface area contributed by atoms with Gasteiger partial charge < -0.3 is 9.47 Å². The Balaban J connectivity index is 2.13. The highest BCUT2D eigenvalue weighted by atomic mass is 16.6. The van der Waals surface area contributed by atoms with Crippen LogP contribution in [0.2, 0.25) is 0 Å². The minimum Gasteiger partial charge on any atom is -0.378 e. The van der Waals surface area contributed by atoms with Crippen LogP contribution >= 0.6 is 0 Å². The zero-order valence-corrected chi connectivity index (χ0v) is 14.1. The summed E-state index contributed by atoms with van der Waals surface area (Å²) in [6, 6.07) is 0. The molecule has 2 fully saturated rings. The summed E-state index contributed by atoms with van der Waals surface area (Å²) in [5, 5.41) is 0. The van der Waals surface area contributed by atoms with Crippen LogP contribution in [0.25, 0.3) is 0 Å². The second kappa shape index (κ2) is 6.76. The Bertz CT molecular complexity index is 361. The summed E-state index contributed by atoms with van der Waals surface area (Å²) in [5.74, 6) is 0.522. The van der Waals surface area contributed by atoms with Crippen molar-refractivity contribution in [3.8, 4) is 0 Å². The molecule has 0 aromatic rings. The standard InChI is InChI=1S/C17H31NO3/c1-5-16(4,18(6-2)7-3)15(19)14-8-10-21-17(12-14)9-11-20-13-17/h14H,5-13H2,1-4H3. The fourth-order valence-corrected chi connectivity index (χ4v) is 4.03. The maximum absolute atomic E-state index is 13.2. The quantitative estimate of drug-likeness (QED) is 0.755. The summed E-state index contributed by atoms with van der Waals surface area (Å²) < 4.78 is 11.5. The fourth-order valence-electron chi connectivity index (χ4n) is 4.03.